The van der Waals surface area contributed by atoms with E-state index in [1.54, 1.807) is 69.2 Å². The van der Waals surface area contributed by atoms with Crippen molar-refractivity contribution < 1.29 is 43.2 Å². The summed E-state index contributed by atoms with van der Waals surface area (Å²) in [6.45, 7) is 71.9. The molecule has 0 atom stereocenters. The second kappa shape index (κ2) is 63.9. The Hall–Kier alpha value is -12.1. The highest BCUT2D eigenvalue weighted by Gasteiger charge is 2.26. The zero-order valence-electron chi connectivity index (χ0n) is 95.3. The van der Waals surface area contributed by atoms with Gasteiger partial charge in [-0.05, 0) is 170 Å². The Bertz CT molecular complexity index is 5000. The molecular formula is C122H185N13O9. The molecule has 0 saturated carbocycles. The van der Waals surface area contributed by atoms with Crippen LogP contribution in [0.15, 0.2) is 219 Å². The standard InChI is InChI=1S/2C15H23NO.3C14H21NO.2C13H20N2O.2C12H18N2O/c1-12-6-8-13(9-7-12)11-16(5)14(17)10-15(2,3)4;1-12-7-6-8-13(9-12)11-16(5)14(17)10-15(2,3)4;1-11-5-7-12(8-6-11)10-15-13(16)9-14(2,3)4;2*1-11-6-5-7-12(8-11)10-15-13(16)9-14(2,3)4;1-13(2,3)9-12(16)15(4)10-11-5-7-14-8-6-11;1-13(2,3)8-12(16)15(4)10-11-6-5-7-14-9-11;1-12(2,3)8-11(15)14-9-10-4-6-13-7-5-10;1-12(2,3)7-11(15)14-9-10-5-4-6-13-8-10/h2*6-9H,10-11H2,1-5H3;3*5-8H,9-10H2,1-4H3,(H,15,16);5-8H,9-10H2,1-4H3;5-7,9H,8,10H2,1-4H3;4-7H,8-9H2,1-3H3,(H,14,15);4-6,8H,7,9H2,1-3H3,(H,14,15). The third kappa shape index (κ3) is 73.1. The maximum atomic E-state index is 12.0. The van der Waals surface area contributed by atoms with Gasteiger partial charge < -0.3 is 46.2 Å². The van der Waals surface area contributed by atoms with E-state index in [9.17, 15) is 43.2 Å². The van der Waals surface area contributed by atoms with Gasteiger partial charge in [0, 0.05) is 194 Å². The summed E-state index contributed by atoms with van der Waals surface area (Å²) in [5.74, 6) is 1.32. The lowest BCUT2D eigenvalue weighted by Gasteiger charge is -2.23. The number of aromatic nitrogens is 4. The van der Waals surface area contributed by atoms with Crippen LogP contribution in [0.2, 0.25) is 0 Å². The highest BCUT2D eigenvalue weighted by atomic mass is 16.2. The maximum absolute atomic E-state index is 12.0. The van der Waals surface area contributed by atoms with Crippen LogP contribution in [0.1, 0.15) is 323 Å². The number of pyridine rings is 4. The molecule has 0 unspecified atom stereocenters. The predicted molar refractivity (Wildman–Crippen MR) is 595 cm³/mol. The molecule has 4 heterocycles. The van der Waals surface area contributed by atoms with Gasteiger partial charge in [0.05, 0.1) is 0 Å². The van der Waals surface area contributed by atoms with E-state index in [-0.39, 0.29) is 102 Å². The zero-order chi connectivity index (χ0) is 110. The first-order chi connectivity index (χ1) is 66.4. The Kier molecular flexibility index (Phi) is 57.7. The number of carbonyl (C=O) groups excluding carboxylic acids is 9. The van der Waals surface area contributed by atoms with Crippen molar-refractivity contribution in [2.45, 2.75) is 338 Å². The third-order valence-electron chi connectivity index (χ3n) is 20.4. The molecule has 9 rings (SSSR count). The fraction of sp³-hybridized carbons (Fsp3) is 0.516. The molecule has 0 spiro atoms. The quantitative estimate of drug-likeness (QED) is 0.0321. The number of carbonyl (C=O) groups is 9. The van der Waals surface area contributed by atoms with E-state index < -0.39 is 0 Å². The Morgan fingerprint density at radius 3 is 0.681 bits per heavy atom. The highest BCUT2D eigenvalue weighted by molar-refractivity contribution is 5.80. The summed E-state index contributed by atoms with van der Waals surface area (Å²) >= 11 is 0. The van der Waals surface area contributed by atoms with E-state index in [0.29, 0.717) is 117 Å². The first kappa shape index (κ1) is 130. The van der Waals surface area contributed by atoms with Crippen LogP contribution < -0.4 is 26.6 Å². The normalized spacial score (nSPS) is 11.2. The summed E-state index contributed by atoms with van der Waals surface area (Å²) in [6, 6.07) is 56.6. The number of rotatable bonds is 27. The van der Waals surface area contributed by atoms with Crippen LogP contribution in [0.25, 0.3) is 0 Å². The van der Waals surface area contributed by atoms with Gasteiger partial charge in [-0.15, -0.1) is 0 Å². The number of aryl methyl sites for hydroxylation is 5. The van der Waals surface area contributed by atoms with E-state index in [0.717, 1.165) is 38.9 Å². The van der Waals surface area contributed by atoms with E-state index >= 15 is 0 Å². The molecule has 792 valence electrons. The van der Waals surface area contributed by atoms with Crippen LogP contribution in [0.5, 0.6) is 0 Å². The fourth-order valence-corrected chi connectivity index (χ4v) is 13.4. The lowest BCUT2D eigenvalue weighted by Crippen LogP contribution is -2.29. The number of hydrogen-bond acceptors (Lipinski definition) is 13. The average molecular weight is 1980 g/mol. The van der Waals surface area contributed by atoms with Crippen molar-refractivity contribution >= 4 is 53.2 Å². The minimum atomic E-state index is 0.0407. The van der Waals surface area contributed by atoms with E-state index in [4.69, 9.17) is 0 Å². The summed E-state index contributed by atoms with van der Waals surface area (Å²) < 4.78 is 0. The van der Waals surface area contributed by atoms with Crippen LogP contribution in [0.3, 0.4) is 0 Å². The molecule has 0 aliphatic heterocycles. The molecule has 0 fully saturated rings. The first-order valence-electron chi connectivity index (χ1n) is 50.5. The molecule has 9 aromatic rings. The van der Waals surface area contributed by atoms with Gasteiger partial charge in [-0.2, -0.15) is 0 Å². The van der Waals surface area contributed by atoms with E-state index in [1.165, 1.54) is 38.9 Å². The van der Waals surface area contributed by atoms with Crippen molar-refractivity contribution in [3.63, 3.8) is 0 Å². The Morgan fingerprint density at radius 1 is 0.208 bits per heavy atom. The molecule has 9 amide bonds. The van der Waals surface area contributed by atoms with Crippen LogP contribution in [0.4, 0.5) is 0 Å². The van der Waals surface area contributed by atoms with Crippen molar-refractivity contribution in [2.75, 3.05) is 28.2 Å². The largest absolute Gasteiger partial charge is 0.352 e. The number of hydrogen-bond donors (Lipinski definition) is 5. The van der Waals surface area contributed by atoms with Gasteiger partial charge in [-0.3, -0.25) is 63.1 Å². The highest BCUT2D eigenvalue weighted by Crippen LogP contribution is 2.27. The molecule has 4 aromatic heterocycles. The minimum Gasteiger partial charge on any atom is -0.352 e. The van der Waals surface area contributed by atoms with Crippen molar-refractivity contribution in [3.8, 4) is 0 Å². The number of amides is 9. The van der Waals surface area contributed by atoms with Gasteiger partial charge in [-0.25, -0.2) is 0 Å². The molecule has 5 N–H and O–H groups in total. The molecule has 22 heteroatoms. The lowest BCUT2D eigenvalue weighted by molar-refractivity contribution is -0.133. The second-order valence-electron chi connectivity index (χ2n) is 48.9. The van der Waals surface area contributed by atoms with Gasteiger partial charge >= 0.3 is 0 Å². The van der Waals surface area contributed by atoms with Gasteiger partial charge in [0.1, 0.15) is 0 Å². The number of benzene rings is 5. The summed E-state index contributed by atoms with van der Waals surface area (Å²) in [7, 11) is 7.42. The van der Waals surface area contributed by atoms with Gasteiger partial charge in [0.2, 0.25) is 53.2 Å². The molecule has 0 aliphatic rings. The monoisotopic (exact) mass is 1980 g/mol. The molecule has 0 saturated heterocycles. The third-order valence-corrected chi connectivity index (χ3v) is 20.4. The SMILES string of the molecule is CC(C)(C)CC(=O)NCc1cccnc1.CC(C)(C)CC(=O)NCc1ccncc1.CN(Cc1cccnc1)C(=O)CC(C)(C)C.CN(Cc1ccncc1)C(=O)CC(C)(C)C.Cc1ccc(CN(C)C(=O)CC(C)(C)C)cc1.Cc1ccc(CNC(=O)CC(C)(C)C)cc1.Cc1cccc(CN(C)C(=O)CC(C)(C)C)c1.Cc1cccc(CNC(=O)CC(C)(C)C)c1.Cc1cccc(CNC(=O)CC(C)(C)C)c1. The molecule has 0 radical (unpaired) electrons. The summed E-state index contributed by atoms with van der Waals surface area (Å²) in [5, 5.41) is 14.6. The van der Waals surface area contributed by atoms with Crippen molar-refractivity contribution in [3.05, 3.63) is 297 Å². The molecule has 0 bridgehead atoms. The topological polar surface area (TPSA) is 278 Å². The Labute approximate surface area is 869 Å². The minimum absolute atomic E-state index is 0.0407. The van der Waals surface area contributed by atoms with Gasteiger partial charge in [-0.1, -0.05) is 348 Å². The van der Waals surface area contributed by atoms with E-state index in [1.807, 2.05) is 119 Å². The fourth-order valence-electron chi connectivity index (χ4n) is 13.4. The molecule has 144 heavy (non-hydrogen) atoms. The molecule has 0 aliphatic carbocycles. The predicted octanol–water partition coefficient (Wildman–Crippen LogP) is 25.1. The zero-order valence-corrected chi connectivity index (χ0v) is 95.3. The Morgan fingerprint density at radius 2 is 0.417 bits per heavy atom. The van der Waals surface area contributed by atoms with Gasteiger partial charge in [0.15, 0.2) is 0 Å². The molecular weight excluding hydrogens is 1790 g/mol. The van der Waals surface area contributed by atoms with E-state index in [2.05, 4.69) is 347 Å². The van der Waals surface area contributed by atoms with Crippen molar-refractivity contribution in [2.24, 2.45) is 48.7 Å². The summed E-state index contributed by atoms with van der Waals surface area (Å²) in [6.07, 6.45) is 19.1. The molecule has 22 nitrogen and oxygen atoms in total. The number of nitrogens with zero attached hydrogens (tertiary/aromatic N) is 8. The number of nitrogens with one attached hydrogen (secondary N) is 5. The van der Waals surface area contributed by atoms with Gasteiger partial charge in [0.25, 0.3) is 0 Å². The van der Waals surface area contributed by atoms with Crippen molar-refractivity contribution in [1.29, 1.82) is 0 Å². The average Bonchev–Trinajstić information content (AvgIpc) is 0.820. The summed E-state index contributed by atoms with van der Waals surface area (Å²) in [4.78, 5) is 128. The van der Waals surface area contributed by atoms with Crippen LogP contribution in [-0.2, 0) is 102 Å². The van der Waals surface area contributed by atoms with Crippen LogP contribution in [-0.4, -0.2) is 121 Å². The van der Waals surface area contributed by atoms with Crippen LogP contribution >= 0.6 is 0 Å². The molecule has 5 aromatic carbocycles. The smallest absolute Gasteiger partial charge is 0.223 e. The lowest BCUT2D eigenvalue weighted by atomic mass is 9.91. The second-order valence-corrected chi connectivity index (χ2v) is 48.9. The van der Waals surface area contributed by atoms with Crippen molar-refractivity contribution in [1.82, 2.24) is 66.1 Å². The first-order valence-corrected chi connectivity index (χ1v) is 50.5. The summed E-state index contributed by atoms with van der Waals surface area (Å²) in [5.41, 5.74) is 16.7. The Balaban J connectivity index is 0.000000810. The maximum Gasteiger partial charge on any atom is 0.223 e. The van der Waals surface area contributed by atoms with Crippen LogP contribution in [0, 0.1) is 83.4 Å².